The highest BCUT2D eigenvalue weighted by Crippen LogP contribution is 2.23. The first kappa shape index (κ1) is 12.1. The van der Waals surface area contributed by atoms with Gasteiger partial charge in [0.15, 0.2) is 12.1 Å². The first-order chi connectivity index (χ1) is 8.65. The van der Waals surface area contributed by atoms with E-state index in [1.807, 2.05) is 13.0 Å². The summed E-state index contributed by atoms with van der Waals surface area (Å²) in [6.45, 7) is 1.93. The lowest BCUT2D eigenvalue weighted by atomic mass is 10.0. The van der Waals surface area contributed by atoms with E-state index in [-0.39, 0.29) is 5.78 Å². The molecule has 1 N–H and O–H groups in total. The molecular formula is C14H13NO3. The van der Waals surface area contributed by atoms with Gasteiger partial charge in [-0.25, -0.2) is 0 Å². The van der Waals surface area contributed by atoms with Gasteiger partial charge < -0.3 is 9.72 Å². The highest BCUT2D eigenvalue weighted by molar-refractivity contribution is 6.11. The first-order valence-corrected chi connectivity index (χ1v) is 5.48. The van der Waals surface area contributed by atoms with E-state index in [1.54, 1.807) is 12.1 Å². The summed E-state index contributed by atoms with van der Waals surface area (Å²) >= 11 is 0. The predicted molar refractivity (Wildman–Crippen MR) is 67.3 cm³/mol. The van der Waals surface area contributed by atoms with Gasteiger partial charge >= 0.3 is 0 Å². The zero-order valence-corrected chi connectivity index (χ0v) is 10.2. The van der Waals surface area contributed by atoms with Crippen LogP contribution in [-0.4, -0.2) is 24.2 Å². The van der Waals surface area contributed by atoms with Crippen molar-refractivity contribution in [3.63, 3.8) is 0 Å². The third kappa shape index (κ3) is 2.18. The number of nitrogens with one attached hydrogen (secondary N) is 1. The first-order valence-electron chi connectivity index (χ1n) is 5.48. The molecule has 4 nitrogen and oxygen atoms in total. The second kappa shape index (κ2) is 4.87. The highest BCUT2D eigenvalue weighted by Gasteiger charge is 2.15. The molecule has 2 aromatic rings. The number of benzene rings is 1. The molecule has 0 spiro atoms. The van der Waals surface area contributed by atoms with Gasteiger partial charge in [0.25, 0.3) is 0 Å². The summed E-state index contributed by atoms with van der Waals surface area (Å²) < 4.78 is 5.20. The van der Waals surface area contributed by atoms with Crippen molar-refractivity contribution >= 4 is 12.1 Å². The van der Waals surface area contributed by atoms with Gasteiger partial charge in [0.1, 0.15) is 5.75 Å². The fourth-order valence-corrected chi connectivity index (χ4v) is 1.75. The normalized spacial score (nSPS) is 10.1. The number of methoxy groups -OCH3 is 1. The summed E-state index contributed by atoms with van der Waals surface area (Å²) in [5.41, 5.74) is 2.33. The predicted octanol–water partition coefficient (Wildman–Crippen LogP) is 2.38. The molecule has 0 fully saturated rings. The molecule has 0 saturated heterocycles. The molecular weight excluding hydrogens is 230 g/mol. The van der Waals surface area contributed by atoms with Crippen LogP contribution < -0.4 is 4.74 Å². The molecule has 0 unspecified atom stereocenters. The van der Waals surface area contributed by atoms with Crippen molar-refractivity contribution in [1.29, 1.82) is 0 Å². The van der Waals surface area contributed by atoms with Gasteiger partial charge in [-0.3, -0.25) is 9.59 Å². The number of hydrogen-bond acceptors (Lipinski definition) is 3. The standard InChI is InChI=1S/C14H13NO3/c1-9-3-4-12(13(5-9)18-2)14(17)10-6-11(8-16)15-7-10/h3-8,15H,1-2H3. The molecule has 0 radical (unpaired) electrons. The molecule has 0 bridgehead atoms. The van der Waals surface area contributed by atoms with Crippen LogP contribution in [0, 0.1) is 6.92 Å². The molecule has 0 aliphatic heterocycles. The van der Waals surface area contributed by atoms with Gasteiger partial charge in [0, 0.05) is 11.8 Å². The Balaban J connectivity index is 2.42. The number of aldehydes is 1. The maximum atomic E-state index is 12.3. The van der Waals surface area contributed by atoms with Crippen molar-refractivity contribution in [2.75, 3.05) is 7.11 Å². The lowest BCUT2D eigenvalue weighted by Gasteiger charge is -2.07. The molecule has 0 aliphatic carbocycles. The molecule has 92 valence electrons. The molecule has 4 heteroatoms. The van der Waals surface area contributed by atoms with Crippen molar-refractivity contribution in [3.8, 4) is 5.75 Å². The Kier molecular flexibility index (Phi) is 3.28. The summed E-state index contributed by atoms with van der Waals surface area (Å²) in [5, 5.41) is 0. The fraction of sp³-hybridized carbons (Fsp3) is 0.143. The summed E-state index contributed by atoms with van der Waals surface area (Å²) in [5.74, 6) is 0.366. The lowest BCUT2D eigenvalue weighted by Crippen LogP contribution is -2.03. The second-order valence-electron chi connectivity index (χ2n) is 3.99. The zero-order valence-electron chi connectivity index (χ0n) is 10.2. The van der Waals surface area contributed by atoms with Crippen molar-refractivity contribution in [2.45, 2.75) is 6.92 Å². The van der Waals surface area contributed by atoms with Gasteiger partial charge in [0.05, 0.1) is 18.4 Å². The number of hydrogen-bond donors (Lipinski definition) is 1. The van der Waals surface area contributed by atoms with E-state index in [4.69, 9.17) is 4.74 Å². The molecule has 1 heterocycles. The number of H-pyrrole nitrogens is 1. The summed E-state index contributed by atoms with van der Waals surface area (Å²) in [7, 11) is 1.53. The van der Waals surface area contributed by atoms with E-state index in [2.05, 4.69) is 4.98 Å². The SMILES string of the molecule is COc1cc(C)ccc1C(=O)c1c[nH]c(C=O)c1. The average molecular weight is 243 g/mol. The molecule has 18 heavy (non-hydrogen) atoms. The zero-order chi connectivity index (χ0) is 13.1. The van der Waals surface area contributed by atoms with Crippen LogP contribution >= 0.6 is 0 Å². The number of aromatic nitrogens is 1. The Morgan fingerprint density at radius 3 is 2.72 bits per heavy atom. The Hall–Kier alpha value is -2.36. The van der Waals surface area contributed by atoms with Crippen LogP contribution in [-0.2, 0) is 0 Å². The minimum atomic E-state index is -0.170. The largest absolute Gasteiger partial charge is 0.496 e. The topological polar surface area (TPSA) is 59.2 Å². The molecule has 0 aliphatic rings. The molecule has 1 aromatic carbocycles. The molecule has 0 amide bonds. The van der Waals surface area contributed by atoms with Crippen LogP contribution in [0.4, 0.5) is 0 Å². The number of aryl methyl sites for hydroxylation is 1. The minimum Gasteiger partial charge on any atom is -0.496 e. The van der Waals surface area contributed by atoms with Crippen molar-refractivity contribution in [3.05, 3.63) is 52.8 Å². The fourth-order valence-electron chi connectivity index (χ4n) is 1.75. The van der Waals surface area contributed by atoms with Gasteiger partial charge in [-0.05, 0) is 30.7 Å². The van der Waals surface area contributed by atoms with E-state index >= 15 is 0 Å². The van der Waals surface area contributed by atoms with Crippen LogP contribution in [0.3, 0.4) is 0 Å². The van der Waals surface area contributed by atoms with E-state index in [0.29, 0.717) is 28.9 Å². The average Bonchev–Trinajstić information content (AvgIpc) is 2.86. The number of carbonyl (C=O) groups excluding carboxylic acids is 2. The van der Waals surface area contributed by atoms with Crippen molar-refractivity contribution in [1.82, 2.24) is 4.98 Å². The van der Waals surface area contributed by atoms with Crippen LogP contribution in [0.15, 0.2) is 30.5 Å². The van der Waals surface area contributed by atoms with E-state index in [9.17, 15) is 9.59 Å². The number of aromatic amines is 1. The van der Waals surface area contributed by atoms with Crippen LogP contribution in [0.2, 0.25) is 0 Å². The molecule has 1 aromatic heterocycles. The third-order valence-corrected chi connectivity index (χ3v) is 2.70. The quantitative estimate of drug-likeness (QED) is 0.662. The number of ketones is 1. The molecule has 0 saturated carbocycles. The van der Waals surface area contributed by atoms with Gasteiger partial charge in [0.2, 0.25) is 0 Å². The highest BCUT2D eigenvalue weighted by atomic mass is 16.5. The van der Waals surface area contributed by atoms with Crippen LogP contribution in [0.25, 0.3) is 0 Å². The number of carbonyl (C=O) groups is 2. The Morgan fingerprint density at radius 1 is 1.33 bits per heavy atom. The lowest BCUT2D eigenvalue weighted by molar-refractivity contribution is 0.103. The smallest absolute Gasteiger partial charge is 0.198 e. The van der Waals surface area contributed by atoms with Crippen molar-refractivity contribution in [2.24, 2.45) is 0 Å². The summed E-state index contributed by atoms with van der Waals surface area (Å²) in [6.07, 6.45) is 2.19. The summed E-state index contributed by atoms with van der Waals surface area (Å²) in [6, 6.07) is 6.91. The van der Waals surface area contributed by atoms with E-state index < -0.39 is 0 Å². The van der Waals surface area contributed by atoms with Gasteiger partial charge in [-0.1, -0.05) is 6.07 Å². The minimum absolute atomic E-state index is 0.170. The Labute approximate surface area is 105 Å². The number of ether oxygens (including phenoxy) is 1. The van der Waals surface area contributed by atoms with E-state index in [1.165, 1.54) is 19.4 Å². The van der Waals surface area contributed by atoms with E-state index in [0.717, 1.165) is 5.56 Å². The maximum Gasteiger partial charge on any atom is 0.198 e. The molecule has 2 rings (SSSR count). The maximum absolute atomic E-state index is 12.3. The number of rotatable bonds is 4. The monoisotopic (exact) mass is 243 g/mol. The summed E-state index contributed by atoms with van der Waals surface area (Å²) in [4.78, 5) is 25.6. The van der Waals surface area contributed by atoms with Gasteiger partial charge in [-0.15, -0.1) is 0 Å². The van der Waals surface area contributed by atoms with Gasteiger partial charge in [-0.2, -0.15) is 0 Å². The third-order valence-electron chi connectivity index (χ3n) is 2.70. The second-order valence-corrected chi connectivity index (χ2v) is 3.99. The Bertz CT molecular complexity index is 599. The van der Waals surface area contributed by atoms with Crippen molar-refractivity contribution < 1.29 is 14.3 Å². The Morgan fingerprint density at radius 2 is 2.11 bits per heavy atom. The van der Waals surface area contributed by atoms with Crippen LogP contribution in [0.5, 0.6) is 5.75 Å². The molecule has 0 atom stereocenters. The van der Waals surface area contributed by atoms with Crippen LogP contribution in [0.1, 0.15) is 32.0 Å².